The summed E-state index contributed by atoms with van der Waals surface area (Å²) in [6, 6.07) is 32.8. The SMILES string of the molecule is Cc1cc(C)c(-c2cc(-c3ccc4c(C(C)C)ccc(O)c4n3)[c-]c3c2N(C)c2ccccc2N3c2ccccn2)c(C)c1.[Pt]. The predicted molar refractivity (Wildman–Crippen MR) is 182 cm³/mol. The van der Waals surface area contributed by atoms with E-state index < -0.39 is 0 Å². The minimum Gasteiger partial charge on any atom is -0.506 e. The zero-order valence-electron chi connectivity index (χ0n) is 26.3. The van der Waals surface area contributed by atoms with E-state index in [-0.39, 0.29) is 26.8 Å². The zero-order chi connectivity index (χ0) is 30.7. The first kappa shape index (κ1) is 30.6. The molecule has 1 aliphatic heterocycles. The number of rotatable bonds is 4. The molecule has 0 radical (unpaired) electrons. The second-order valence-electron chi connectivity index (χ2n) is 12.1. The quantitative estimate of drug-likeness (QED) is 0.181. The number of aromatic nitrogens is 2. The zero-order valence-corrected chi connectivity index (χ0v) is 28.6. The molecule has 2 aromatic heterocycles. The molecule has 0 bridgehead atoms. The smallest absolute Gasteiger partial charge is 0.140 e. The number of hydrogen-bond donors (Lipinski definition) is 1. The van der Waals surface area contributed by atoms with Crippen molar-refractivity contribution in [1.82, 2.24) is 9.97 Å². The fraction of sp³-hybridized carbons (Fsp3) is 0.179. The van der Waals surface area contributed by atoms with Gasteiger partial charge in [0, 0.05) is 39.7 Å². The van der Waals surface area contributed by atoms with Crippen LogP contribution in [0, 0.1) is 26.8 Å². The summed E-state index contributed by atoms with van der Waals surface area (Å²) in [4.78, 5) is 14.3. The Bertz CT molecular complexity index is 2050. The first-order valence-electron chi connectivity index (χ1n) is 15.1. The second-order valence-corrected chi connectivity index (χ2v) is 12.1. The Labute approximate surface area is 279 Å². The van der Waals surface area contributed by atoms with Gasteiger partial charge in [-0.3, -0.25) is 4.98 Å². The summed E-state index contributed by atoms with van der Waals surface area (Å²) in [7, 11) is 2.13. The molecule has 1 aliphatic rings. The summed E-state index contributed by atoms with van der Waals surface area (Å²) >= 11 is 0. The van der Waals surface area contributed by atoms with Crippen LogP contribution in [-0.4, -0.2) is 22.1 Å². The molecular formula is C39H35N4OPt-. The van der Waals surface area contributed by atoms with Crippen LogP contribution in [0.3, 0.4) is 0 Å². The molecule has 6 aromatic rings. The standard InChI is InChI=1S/C39H35N4O.Pt/c1-23(2)28-15-17-35(44)38-29(28)14-16-31(41-38)27-21-30(37-25(4)19-24(3)20-26(37)5)39-34(22-27)43(36-13-9-10-18-40-36)33-12-8-7-11-32(33)42(39)6;/h7-21,23,44H,1-6H3;/q-1;. The molecule has 0 unspecified atom stereocenters. The van der Waals surface area contributed by atoms with Crippen LogP contribution in [0.25, 0.3) is 33.3 Å². The predicted octanol–water partition coefficient (Wildman–Crippen LogP) is 10.1. The van der Waals surface area contributed by atoms with E-state index in [0.29, 0.717) is 11.4 Å². The van der Waals surface area contributed by atoms with Crippen molar-refractivity contribution in [1.29, 1.82) is 0 Å². The number of aromatic hydroxyl groups is 1. The molecule has 0 saturated carbocycles. The number of phenols is 1. The fourth-order valence-electron chi connectivity index (χ4n) is 6.78. The average Bonchev–Trinajstić information content (AvgIpc) is 3.01. The van der Waals surface area contributed by atoms with Gasteiger partial charge in [0.05, 0.1) is 11.4 Å². The average molecular weight is 771 g/mol. The molecule has 1 N–H and O–H groups in total. The van der Waals surface area contributed by atoms with Gasteiger partial charge in [-0.25, -0.2) is 4.98 Å². The van der Waals surface area contributed by atoms with E-state index in [1.807, 2.05) is 30.5 Å². The molecule has 0 amide bonds. The summed E-state index contributed by atoms with van der Waals surface area (Å²) in [6.07, 6.45) is 1.83. The van der Waals surface area contributed by atoms with Crippen molar-refractivity contribution in [2.45, 2.75) is 40.5 Å². The molecule has 45 heavy (non-hydrogen) atoms. The molecule has 0 aliphatic carbocycles. The topological polar surface area (TPSA) is 52.5 Å². The van der Waals surface area contributed by atoms with Gasteiger partial charge in [0.15, 0.2) is 0 Å². The molecule has 3 heterocycles. The first-order chi connectivity index (χ1) is 21.2. The minimum absolute atomic E-state index is 0. The molecule has 228 valence electrons. The van der Waals surface area contributed by atoms with Crippen LogP contribution in [0.5, 0.6) is 5.75 Å². The summed E-state index contributed by atoms with van der Waals surface area (Å²) in [5, 5.41) is 11.9. The van der Waals surface area contributed by atoms with E-state index in [4.69, 9.17) is 9.97 Å². The van der Waals surface area contributed by atoms with Crippen LogP contribution >= 0.6 is 0 Å². The minimum atomic E-state index is 0. The number of para-hydroxylation sites is 2. The van der Waals surface area contributed by atoms with Crippen molar-refractivity contribution in [3.63, 3.8) is 0 Å². The van der Waals surface area contributed by atoms with Crippen molar-refractivity contribution < 1.29 is 26.2 Å². The van der Waals surface area contributed by atoms with E-state index in [1.165, 1.54) is 22.3 Å². The third-order valence-corrected chi connectivity index (χ3v) is 8.66. The van der Waals surface area contributed by atoms with E-state index in [1.54, 1.807) is 6.07 Å². The molecule has 6 heteroatoms. The summed E-state index contributed by atoms with van der Waals surface area (Å²) in [6.45, 7) is 10.8. The molecule has 0 atom stereocenters. The number of nitrogens with zero attached hydrogens (tertiary/aromatic N) is 4. The number of aryl methyl sites for hydroxylation is 3. The number of fused-ring (bicyclic) bond motifs is 3. The van der Waals surface area contributed by atoms with E-state index in [0.717, 1.165) is 56.3 Å². The number of pyridine rings is 2. The molecule has 7 rings (SSSR count). The molecule has 0 spiro atoms. The second kappa shape index (κ2) is 11.8. The largest absolute Gasteiger partial charge is 0.506 e. The van der Waals surface area contributed by atoms with Crippen LogP contribution in [-0.2, 0) is 21.1 Å². The summed E-state index contributed by atoms with van der Waals surface area (Å²) in [5.41, 5.74) is 13.4. The number of benzene rings is 4. The van der Waals surface area contributed by atoms with Crippen molar-refractivity contribution in [2.75, 3.05) is 16.8 Å². The van der Waals surface area contributed by atoms with Gasteiger partial charge in [0.2, 0.25) is 0 Å². The van der Waals surface area contributed by atoms with Gasteiger partial charge >= 0.3 is 0 Å². The first-order valence-corrected chi connectivity index (χ1v) is 15.1. The summed E-state index contributed by atoms with van der Waals surface area (Å²) < 4.78 is 0. The summed E-state index contributed by atoms with van der Waals surface area (Å²) in [5.74, 6) is 1.30. The van der Waals surface area contributed by atoms with Gasteiger partial charge in [-0.2, -0.15) is 0 Å². The Hall–Kier alpha value is -4.47. The Morgan fingerprint density at radius 2 is 1.53 bits per heavy atom. The Morgan fingerprint density at radius 3 is 2.22 bits per heavy atom. The number of anilines is 5. The molecule has 5 nitrogen and oxygen atoms in total. The van der Waals surface area contributed by atoms with Crippen molar-refractivity contribution in [3.05, 3.63) is 119 Å². The molecule has 0 fully saturated rings. The van der Waals surface area contributed by atoms with Crippen LogP contribution in [0.4, 0.5) is 28.6 Å². The Morgan fingerprint density at radius 1 is 0.822 bits per heavy atom. The monoisotopic (exact) mass is 770 g/mol. The van der Waals surface area contributed by atoms with Gasteiger partial charge in [0.1, 0.15) is 17.1 Å². The van der Waals surface area contributed by atoms with Crippen LogP contribution in [0.15, 0.2) is 91.1 Å². The van der Waals surface area contributed by atoms with Crippen molar-refractivity contribution in [3.8, 4) is 28.1 Å². The number of phenolic OH excluding ortho intramolecular Hbond substituents is 1. The normalized spacial score (nSPS) is 12.2. The number of hydrogen-bond acceptors (Lipinski definition) is 5. The van der Waals surface area contributed by atoms with Gasteiger partial charge < -0.3 is 14.9 Å². The van der Waals surface area contributed by atoms with Crippen LogP contribution < -0.4 is 9.80 Å². The Kier molecular flexibility index (Phi) is 8.01. The van der Waals surface area contributed by atoms with E-state index in [9.17, 15) is 5.11 Å². The van der Waals surface area contributed by atoms with Gasteiger partial charge in [-0.1, -0.05) is 73.5 Å². The third kappa shape index (κ3) is 5.10. The molecular weight excluding hydrogens is 736 g/mol. The maximum absolute atomic E-state index is 10.9. The molecule has 4 aromatic carbocycles. The maximum Gasteiger partial charge on any atom is 0.140 e. The van der Waals surface area contributed by atoms with Gasteiger partial charge in [-0.05, 0) is 96.3 Å². The molecule has 0 saturated heterocycles. The van der Waals surface area contributed by atoms with Gasteiger partial charge in [0.25, 0.3) is 0 Å². The maximum atomic E-state index is 10.9. The van der Waals surface area contributed by atoms with Crippen LogP contribution in [0.1, 0.15) is 42.0 Å². The van der Waals surface area contributed by atoms with Crippen molar-refractivity contribution >= 4 is 39.5 Å². The van der Waals surface area contributed by atoms with Crippen molar-refractivity contribution in [2.24, 2.45) is 0 Å². The Balaban J connectivity index is 0.00000357. The van der Waals surface area contributed by atoms with Crippen LogP contribution in [0.2, 0.25) is 0 Å². The van der Waals surface area contributed by atoms with Gasteiger partial charge in [-0.15, -0.1) is 17.7 Å². The third-order valence-electron chi connectivity index (χ3n) is 8.66. The van der Waals surface area contributed by atoms with E-state index >= 15 is 0 Å². The fourth-order valence-corrected chi connectivity index (χ4v) is 6.78. The van der Waals surface area contributed by atoms with E-state index in [2.05, 4.69) is 112 Å².